The normalized spacial score (nSPS) is 21.2. The summed E-state index contributed by atoms with van der Waals surface area (Å²) in [5, 5.41) is 4.38. The Labute approximate surface area is 115 Å². The lowest BCUT2D eigenvalue weighted by Crippen LogP contribution is -2.25. The van der Waals surface area contributed by atoms with Crippen molar-refractivity contribution >= 4 is 11.6 Å². The third-order valence-corrected chi connectivity index (χ3v) is 3.98. The second-order valence-corrected chi connectivity index (χ2v) is 5.40. The zero-order chi connectivity index (χ0) is 13.0. The fourth-order valence-corrected chi connectivity index (χ4v) is 2.69. The summed E-state index contributed by atoms with van der Waals surface area (Å²) in [7, 11) is 0. The molecule has 0 radical (unpaired) electrons. The maximum atomic E-state index is 6.22. The Bertz CT molecular complexity index is 388. The van der Waals surface area contributed by atoms with Crippen LogP contribution in [-0.4, -0.2) is 19.3 Å². The number of aryl methyl sites for hydroxylation is 1. The Kier molecular flexibility index (Phi) is 5.04. The van der Waals surface area contributed by atoms with Gasteiger partial charge in [-0.3, -0.25) is 0 Å². The van der Waals surface area contributed by atoms with E-state index >= 15 is 0 Å². The first kappa shape index (κ1) is 13.9. The minimum absolute atomic E-state index is 0.344. The van der Waals surface area contributed by atoms with Crippen molar-refractivity contribution in [2.24, 2.45) is 0 Å². The van der Waals surface area contributed by atoms with Gasteiger partial charge in [0.25, 0.3) is 0 Å². The average Bonchev–Trinajstić information content (AvgIpc) is 2.85. The number of nitrogens with one attached hydrogen (secondary N) is 1. The van der Waals surface area contributed by atoms with Gasteiger partial charge in [0.05, 0.1) is 6.10 Å². The van der Waals surface area contributed by atoms with Crippen LogP contribution in [-0.2, 0) is 4.74 Å². The van der Waals surface area contributed by atoms with Crippen LogP contribution < -0.4 is 5.32 Å². The highest BCUT2D eigenvalue weighted by atomic mass is 35.5. The number of ether oxygens (including phenoxy) is 1. The lowest BCUT2D eigenvalue weighted by atomic mass is 9.98. The number of hydrogen-bond acceptors (Lipinski definition) is 2. The molecule has 18 heavy (non-hydrogen) atoms. The van der Waals surface area contributed by atoms with Crippen LogP contribution in [0.5, 0.6) is 0 Å². The number of benzene rings is 1. The van der Waals surface area contributed by atoms with Crippen molar-refractivity contribution in [1.29, 1.82) is 0 Å². The maximum absolute atomic E-state index is 6.22. The minimum atomic E-state index is 0.344. The van der Waals surface area contributed by atoms with Crippen LogP contribution in [0.15, 0.2) is 18.2 Å². The molecule has 1 saturated heterocycles. The van der Waals surface area contributed by atoms with Crippen molar-refractivity contribution in [2.45, 2.75) is 45.3 Å². The van der Waals surface area contributed by atoms with Gasteiger partial charge in [-0.2, -0.15) is 0 Å². The fraction of sp³-hybridized carbons (Fsp3) is 0.600. The lowest BCUT2D eigenvalue weighted by molar-refractivity contribution is 0.0947. The first-order chi connectivity index (χ1) is 8.70. The van der Waals surface area contributed by atoms with Crippen LogP contribution in [0.2, 0.25) is 5.02 Å². The van der Waals surface area contributed by atoms with Crippen molar-refractivity contribution in [3.8, 4) is 0 Å². The predicted molar refractivity (Wildman–Crippen MR) is 76.2 cm³/mol. The standard InChI is InChI=1S/C15H22ClNO/c1-3-17-15(10-13-5-4-8-18-13)12-7-6-11(2)14(16)9-12/h6-7,9,13,15,17H,3-5,8,10H2,1-2H3. The van der Waals surface area contributed by atoms with Crippen molar-refractivity contribution in [3.05, 3.63) is 34.3 Å². The van der Waals surface area contributed by atoms with Crippen molar-refractivity contribution < 1.29 is 4.74 Å². The molecule has 0 amide bonds. The molecular formula is C15H22ClNO. The van der Waals surface area contributed by atoms with Gasteiger partial charge in [0.15, 0.2) is 0 Å². The summed E-state index contributed by atoms with van der Waals surface area (Å²) in [4.78, 5) is 0. The van der Waals surface area contributed by atoms with Gasteiger partial charge in [-0.25, -0.2) is 0 Å². The molecule has 1 N–H and O–H groups in total. The van der Waals surface area contributed by atoms with Crippen molar-refractivity contribution in [3.63, 3.8) is 0 Å². The average molecular weight is 268 g/mol. The SMILES string of the molecule is CCNC(CC1CCCO1)c1ccc(C)c(Cl)c1. The van der Waals surface area contributed by atoms with Crippen LogP contribution in [0.4, 0.5) is 0 Å². The smallest absolute Gasteiger partial charge is 0.0594 e. The van der Waals surface area contributed by atoms with Gasteiger partial charge in [0, 0.05) is 17.7 Å². The summed E-state index contributed by atoms with van der Waals surface area (Å²) in [6.07, 6.45) is 3.81. The monoisotopic (exact) mass is 267 g/mol. The van der Waals surface area contributed by atoms with Crippen LogP contribution >= 0.6 is 11.6 Å². The first-order valence-corrected chi connectivity index (χ1v) is 7.19. The lowest BCUT2D eigenvalue weighted by Gasteiger charge is -2.22. The minimum Gasteiger partial charge on any atom is -0.378 e. The quantitative estimate of drug-likeness (QED) is 0.875. The summed E-state index contributed by atoms with van der Waals surface area (Å²) < 4.78 is 5.73. The third-order valence-electron chi connectivity index (χ3n) is 3.57. The van der Waals surface area contributed by atoms with E-state index in [9.17, 15) is 0 Å². The van der Waals surface area contributed by atoms with Crippen LogP contribution in [0.25, 0.3) is 0 Å². The molecule has 2 unspecified atom stereocenters. The summed E-state index contributed by atoms with van der Waals surface area (Å²) in [5.41, 5.74) is 2.40. The molecular weight excluding hydrogens is 246 g/mol. The number of rotatable bonds is 5. The zero-order valence-corrected chi connectivity index (χ0v) is 12.0. The molecule has 2 nitrogen and oxygen atoms in total. The Hall–Kier alpha value is -0.570. The molecule has 1 aliphatic heterocycles. The zero-order valence-electron chi connectivity index (χ0n) is 11.2. The van der Waals surface area contributed by atoms with Crippen molar-refractivity contribution in [2.75, 3.05) is 13.2 Å². The molecule has 3 heteroatoms. The fourth-order valence-electron chi connectivity index (χ4n) is 2.50. The summed E-state index contributed by atoms with van der Waals surface area (Å²) >= 11 is 6.22. The highest BCUT2D eigenvalue weighted by Gasteiger charge is 2.21. The van der Waals surface area contributed by atoms with E-state index in [4.69, 9.17) is 16.3 Å². The highest BCUT2D eigenvalue weighted by molar-refractivity contribution is 6.31. The summed E-state index contributed by atoms with van der Waals surface area (Å²) in [6, 6.07) is 6.69. The molecule has 2 rings (SSSR count). The van der Waals surface area contributed by atoms with E-state index in [1.54, 1.807) is 0 Å². The second kappa shape index (κ2) is 6.55. The van der Waals surface area contributed by atoms with E-state index < -0.39 is 0 Å². The Morgan fingerprint density at radius 2 is 2.33 bits per heavy atom. The van der Waals surface area contributed by atoms with E-state index in [-0.39, 0.29) is 0 Å². The van der Waals surface area contributed by atoms with Gasteiger partial charge < -0.3 is 10.1 Å². The topological polar surface area (TPSA) is 21.3 Å². The molecule has 1 aliphatic rings. The second-order valence-electron chi connectivity index (χ2n) is 4.99. The Balaban J connectivity index is 2.09. The van der Waals surface area contributed by atoms with Crippen LogP contribution in [0, 0.1) is 6.92 Å². The summed E-state index contributed by atoms with van der Waals surface area (Å²) in [5.74, 6) is 0. The molecule has 0 aliphatic carbocycles. The van der Waals surface area contributed by atoms with Crippen molar-refractivity contribution in [1.82, 2.24) is 5.32 Å². The Morgan fingerprint density at radius 3 is 2.94 bits per heavy atom. The van der Waals surface area contributed by atoms with Crippen LogP contribution in [0.3, 0.4) is 0 Å². The molecule has 0 aromatic heterocycles. The number of hydrogen-bond donors (Lipinski definition) is 1. The molecule has 2 atom stereocenters. The van der Waals surface area contributed by atoms with E-state index in [1.807, 2.05) is 6.92 Å². The van der Waals surface area contributed by atoms with Crippen LogP contribution in [0.1, 0.15) is 43.4 Å². The maximum Gasteiger partial charge on any atom is 0.0594 e. The van der Waals surface area contributed by atoms with Gasteiger partial charge in [0.1, 0.15) is 0 Å². The van der Waals surface area contributed by atoms with Gasteiger partial charge in [-0.15, -0.1) is 0 Å². The molecule has 0 spiro atoms. The number of halogens is 1. The largest absolute Gasteiger partial charge is 0.378 e. The predicted octanol–water partition coefficient (Wildman–Crippen LogP) is 3.87. The molecule has 1 aromatic rings. The van der Waals surface area contributed by atoms with Gasteiger partial charge >= 0.3 is 0 Å². The van der Waals surface area contributed by atoms with E-state index in [0.717, 1.165) is 30.2 Å². The molecule has 1 aromatic carbocycles. The van der Waals surface area contributed by atoms with Gasteiger partial charge in [-0.05, 0) is 49.9 Å². The molecule has 0 saturated carbocycles. The highest BCUT2D eigenvalue weighted by Crippen LogP contribution is 2.27. The molecule has 1 fully saturated rings. The van der Waals surface area contributed by atoms with Gasteiger partial charge in [0.2, 0.25) is 0 Å². The first-order valence-electron chi connectivity index (χ1n) is 6.81. The van der Waals surface area contributed by atoms with Gasteiger partial charge in [-0.1, -0.05) is 30.7 Å². The molecule has 100 valence electrons. The molecule has 1 heterocycles. The molecule has 0 bridgehead atoms. The van der Waals surface area contributed by atoms with E-state index in [2.05, 4.69) is 30.4 Å². The Morgan fingerprint density at radius 1 is 1.50 bits per heavy atom. The summed E-state index contributed by atoms with van der Waals surface area (Å²) in [6.45, 7) is 6.05. The van der Waals surface area contributed by atoms with E-state index in [0.29, 0.717) is 12.1 Å². The van der Waals surface area contributed by atoms with E-state index in [1.165, 1.54) is 18.4 Å². The third kappa shape index (κ3) is 3.47.